The molecule has 1 aromatic heterocycles. The van der Waals surface area contributed by atoms with E-state index in [2.05, 4.69) is 11.1 Å². The van der Waals surface area contributed by atoms with E-state index >= 15 is 0 Å². The van der Waals surface area contributed by atoms with Gasteiger partial charge in [0, 0.05) is 17.7 Å². The summed E-state index contributed by atoms with van der Waals surface area (Å²) in [5.74, 6) is 0.578. The van der Waals surface area contributed by atoms with Crippen LogP contribution in [-0.2, 0) is 13.0 Å². The van der Waals surface area contributed by atoms with Crippen LogP contribution < -0.4 is 0 Å². The number of nitriles is 1. The van der Waals surface area contributed by atoms with E-state index in [1.165, 1.54) is 12.1 Å². The summed E-state index contributed by atoms with van der Waals surface area (Å²) in [5.41, 5.74) is 2.24. The molecule has 1 heterocycles. The molecule has 0 saturated carbocycles. The van der Waals surface area contributed by atoms with E-state index in [1.807, 2.05) is 34.9 Å². The second-order valence-corrected chi connectivity index (χ2v) is 5.74. The average molecular weight is 353 g/mol. The summed E-state index contributed by atoms with van der Waals surface area (Å²) in [6.45, 7) is 0.490. The first-order chi connectivity index (χ1) is 12.1. The number of hydrogen-bond donors (Lipinski definition) is 0. The molecular weight excluding hydrogens is 340 g/mol. The summed E-state index contributed by atoms with van der Waals surface area (Å²) in [4.78, 5) is 14.9. The zero-order valence-electron chi connectivity index (χ0n) is 13.1. The quantitative estimate of drug-likeness (QED) is 0.508. The standard InChI is InChI=1S/C18H13ClN4O2/c19-17-16(10-11-20)21-18(14-6-8-15(9-7-14)23(24)25)22(17)12-13-4-2-1-3-5-13/h1-9H,10,12H2. The molecule has 6 nitrogen and oxygen atoms in total. The lowest BCUT2D eigenvalue weighted by Crippen LogP contribution is -2.02. The van der Waals surface area contributed by atoms with Crippen molar-refractivity contribution < 1.29 is 4.92 Å². The third-order valence-electron chi connectivity index (χ3n) is 3.74. The Morgan fingerprint density at radius 2 is 1.84 bits per heavy atom. The Bertz CT molecular complexity index is 944. The number of rotatable bonds is 5. The highest BCUT2D eigenvalue weighted by Gasteiger charge is 2.18. The van der Waals surface area contributed by atoms with E-state index in [4.69, 9.17) is 16.9 Å². The highest BCUT2D eigenvalue weighted by molar-refractivity contribution is 6.30. The van der Waals surface area contributed by atoms with Crippen molar-refractivity contribution in [3.8, 4) is 17.5 Å². The minimum absolute atomic E-state index is 0.00765. The van der Waals surface area contributed by atoms with E-state index in [9.17, 15) is 10.1 Å². The molecule has 0 aliphatic heterocycles. The molecule has 0 bridgehead atoms. The molecule has 3 rings (SSSR count). The predicted molar refractivity (Wildman–Crippen MR) is 94.2 cm³/mol. The zero-order chi connectivity index (χ0) is 17.8. The molecule has 0 unspecified atom stereocenters. The summed E-state index contributed by atoms with van der Waals surface area (Å²) in [7, 11) is 0. The Kier molecular flexibility index (Phi) is 4.78. The minimum atomic E-state index is -0.450. The predicted octanol–water partition coefficient (Wildman–Crippen LogP) is 4.23. The smallest absolute Gasteiger partial charge is 0.269 e. The first-order valence-corrected chi connectivity index (χ1v) is 7.88. The van der Waals surface area contributed by atoms with Crippen molar-refractivity contribution in [1.29, 1.82) is 5.26 Å². The molecule has 0 spiro atoms. The van der Waals surface area contributed by atoms with Crippen LogP contribution in [-0.4, -0.2) is 14.5 Å². The highest BCUT2D eigenvalue weighted by Crippen LogP contribution is 2.28. The van der Waals surface area contributed by atoms with Gasteiger partial charge in [0.25, 0.3) is 5.69 Å². The van der Waals surface area contributed by atoms with Gasteiger partial charge < -0.3 is 4.57 Å². The van der Waals surface area contributed by atoms with Gasteiger partial charge in [0.1, 0.15) is 11.0 Å². The lowest BCUT2D eigenvalue weighted by atomic mass is 10.2. The molecule has 0 saturated heterocycles. The maximum Gasteiger partial charge on any atom is 0.269 e. The Morgan fingerprint density at radius 3 is 2.44 bits per heavy atom. The molecule has 0 fully saturated rings. The molecule has 0 N–H and O–H groups in total. The molecule has 2 aromatic carbocycles. The summed E-state index contributed by atoms with van der Waals surface area (Å²) in [6.07, 6.45) is 0.0978. The van der Waals surface area contributed by atoms with Gasteiger partial charge in [-0.05, 0) is 17.7 Å². The maximum absolute atomic E-state index is 10.8. The molecule has 7 heteroatoms. The van der Waals surface area contributed by atoms with Crippen LogP contribution in [0.5, 0.6) is 0 Å². The SMILES string of the molecule is N#CCc1nc(-c2ccc([N+](=O)[O-])cc2)n(Cc2ccccc2)c1Cl. The van der Waals surface area contributed by atoms with Gasteiger partial charge in [-0.25, -0.2) is 4.98 Å². The van der Waals surface area contributed by atoms with Crippen molar-refractivity contribution in [1.82, 2.24) is 9.55 Å². The van der Waals surface area contributed by atoms with Crippen LogP contribution >= 0.6 is 11.6 Å². The highest BCUT2D eigenvalue weighted by atomic mass is 35.5. The van der Waals surface area contributed by atoms with Crippen LogP contribution in [0.4, 0.5) is 5.69 Å². The van der Waals surface area contributed by atoms with Crippen molar-refractivity contribution in [2.24, 2.45) is 0 Å². The fraction of sp³-hybridized carbons (Fsp3) is 0.111. The Hall–Kier alpha value is -3.17. The number of nitro benzene ring substituents is 1. The van der Waals surface area contributed by atoms with Crippen molar-refractivity contribution in [2.75, 3.05) is 0 Å². The van der Waals surface area contributed by atoms with Crippen molar-refractivity contribution in [3.63, 3.8) is 0 Å². The molecule has 0 amide bonds. The van der Waals surface area contributed by atoms with E-state index in [1.54, 1.807) is 12.1 Å². The summed E-state index contributed by atoms with van der Waals surface area (Å²) < 4.78 is 1.81. The molecule has 25 heavy (non-hydrogen) atoms. The van der Waals surface area contributed by atoms with Crippen LogP contribution in [0, 0.1) is 21.4 Å². The van der Waals surface area contributed by atoms with E-state index in [0.29, 0.717) is 28.8 Å². The number of aromatic nitrogens is 2. The Labute approximate surface area is 149 Å². The summed E-state index contributed by atoms with van der Waals surface area (Å²) >= 11 is 6.43. The third kappa shape index (κ3) is 3.52. The molecule has 0 aliphatic carbocycles. The van der Waals surface area contributed by atoms with Crippen LogP contribution in [0.2, 0.25) is 5.15 Å². The zero-order valence-corrected chi connectivity index (χ0v) is 13.8. The number of imidazole rings is 1. The lowest BCUT2D eigenvalue weighted by molar-refractivity contribution is -0.384. The number of benzene rings is 2. The fourth-order valence-electron chi connectivity index (χ4n) is 2.53. The summed E-state index contributed by atoms with van der Waals surface area (Å²) in [6, 6.07) is 17.9. The van der Waals surface area contributed by atoms with Gasteiger partial charge in [-0.3, -0.25) is 10.1 Å². The number of hydrogen-bond acceptors (Lipinski definition) is 4. The monoisotopic (exact) mass is 352 g/mol. The van der Waals surface area contributed by atoms with Gasteiger partial charge in [-0.2, -0.15) is 5.26 Å². The molecule has 3 aromatic rings. The van der Waals surface area contributed by atoms with Gasteiger partial charge in [-0.15, -0.1) is 0 Å². The van der Waals surface area contributed by atoms with E-state index in [0.717, 1.165) is 5.56 Å². The summed E-state index contributed by atoms with van der Waals surface area (Å²) in [5, 5.41) is 20.2. The minimum Gasteiger partial charge on any atom is -0.310 e. The lowest BCUT2D eigenvalue weighted by Gasteiger charge is -2.09. The van der Waals surface area contributed by atoms with Gasteiger partial charge in [-0.1, -0.05) is 41.9 Å². The van der Waals surface area contributed by atoms with Gasteiger partial charge in [0.2, 0.25) is 0 Å². The number of non-ortho nitro benzene ring substituents is 1. The van der Waals surface area contributed by atoms with Crippen LogP contribution in [0.3, 0.4) is 0 Å². The third-order valence-corrected chi connectivity index (χ3v) is 4.16. The second-order valence-electron chi connectivity index (χ2n) is 5.38. The van der Waals surface area contributed by atoms with Crippen LogP contribution in [0.25, 0.3) is 11.4 Å². The first-order valence-electron chi connectivity index (χ1n) is 7.50. The Balaban J connectivity index is 2.06. The number of nitrogens with zero attached hydrogens (tertiary/aromatic N) is 4. The largest absolute Gasteiger partial charge is 0.310 e. The molecule has 0 atom stereocenters. The average Bonchev–Trinajstić information content (AvgIpc) is 2.93. The normalized spacial score (nSPS) is 10.4. The maximum atomic E-state index is 10.8. The fourth-order valence-corrected chi connectivity index (χ4v) is 2.78. The number of halogens is 1. The topological polar surface area (TPSA) is 84.8 Å². The van der Waals surface area contributed by atoms with Gasteiger partial charge >= 0.3 is 0 Å². The first kappa shape index (κ1) is 16.7. The van der Waals surface area contributed by atoms with E-state index < -0.39 is 4.92 Å². The van der Waals surface area contributed by atoms with Crippen molar-refractivity contribution >= 4 is 17.3 Å². The molecule has 0 radical (unpaired) electrons. The number of nitro groups is 1. The molecule has 0 aliphatic rings. The van der Waals surface area contributed by atoms with E-state index in [-0.39, 0.29) is 12.1 Å². The Morgan fingerprint density at radius 1 is 1.16 bits per heavy atom. The second kappa shape index (κ2) is 7.16. The van der Waals surface area contributed by atoms with Crippen LogP contribution in [0.15, 0.2) is 54.6 Å². The molecular formula is C18H13ClN4O2. The van der Waals surface area contributed by atoms with Gasteiger partial charge in [0.15, 0.2) is 0 Å². The van der Waals surface area contributed by atoms with Crippen molar-refractivity contribution in [3.05, 3.63) is 81.1 Å². The van der Waals surface area contributed by atoms with Crippen LogP contribution in [0.1, 0.15) is 11.3 Å². The van der Waals surface area contributed by atoms with Crippen molar-refractivity contribution in [2.45, 2.75) is 13.0 Å². The molecule has 124 valence electrons. The van der Waals surface area contributed by atoms with Gasteiger partial charge in [0.05, 0.1) is 29.7 Å².